The van der Waals surface area contributed by atoms with E-state index in [4.69, 9.17) is 9.57 Å². The number of hydrogen-bond acceptors (Lipinski definition) is 3. The van der Waals surface area contributed by atoms with Gasteiger partial charge >= 0.3 is 5.97 Å². The fourth-order valence-corrected chi connectivity index (χ4v) is 1.13. The summed E-state index contributed by atoms with van der Waals surface area (Å²) < 4.78 is 6.42. The van der Waals surface area contributed by atoms with Crippen LogP contribution in [0, 0.1) is 6.92 Å². The number of carbonyl (C=O) groups excluding carboxylic acids is 1. The molecule has 0 saturated carbocycles. The Bertz CT molecular complexity index is 336. The van der Waals surface area contributed by atoms with Gasteiger partial charge in [-0.15, -0.1) is 0 Å². The van der Waals surface area contributed by atoms with Crippen LogP contribution in [-0.2, 0) is 4.74 Å². The molecule has 0 radical (unpaired) electrons. The third-order valence-corrected chi connectivity index (χ3v) is 1.84. The van der Waals surface area contributed by atoms with Crippen LogP contribution in [0.25, 0.3) is 0 Å². The van der Waals surface area contributed by atoms with Gasteiger partial charge in [0.1, 0.15) is 7.11 Å². The average molecular weight is 196 g/mol. The van der Waals surface area contributed by atoms with Gasteiger partial charge in [-0.05, 0) is 13.8 Å². The number of pyridine rings is 1. The van der Waals surface area contributed by atoms with E-state index in [1.807, 2.05) is 6.92 Å². The second-order valence-corrected chi connectivity index (χ2v) is 2.80. The van der Waals surface area contributed by atoms with E-state index in [1.165, 1.54) is 4.73 Å². The molecule has 0 amide bonds. The first kappa shape index (κ1) is 10.5. The summed E-state index contributed by atoms with van der Waals surface area (Å²) >= 11 is 0. The molecule has 14 heavy (non-hydrogen) atoms. The van der Waals surface area contributed by atoms with Crippen LogP contribution >= 0.6 is 0 Å². The molecule has 0 saturated heterocycles. The minimum Gasteiger partial charge on any atom is -0.462 e. The zero-order valence-electron chi connectivity index (χ0n) is 8.61. The molecule has 1 heterocycles. The molecule has 4 heteroatoms. The van der Waals surface area contributed by atoms with Gasteiger partial charge in [-0.3, -0.25) is 4.84 Å². The lowest BCUT2D eigenvalue weighted by Crippen LogP contribution is -2.40. The quantitative estimate of drug-likeness (QED) is 0.522. The van der Waals surface area contributed by atoms with Gasteiger partial charge < -0.3 is 4.74 Å². The first-order valence-electron chi connectivity index (χ1n) is 4.42. The number of carbonyl (C=O) groups is 1. The van der Waals surface area contributed by atoms with E-state index >= 15 is 0 Å². The van der Waals surface area contributed by atoms with Gasteiger partial charge in [0.05, 0.1) is 12.2 Å². The molecule has 4 nitrogen and oxygen atoms in total. The Morgan fingerprint density at radius 1 is 1.57 bits per heavy atom. The Labute approximate surface area is 83.0 Å². The number of ether oxygens (including phenoxy) is 1. The molecule has 0 aliphatic heterocycles. The lowest BCUT2D eigenvalue weighted by atomic mass is 10.2. The fourth-order valence-electron chi connectivity index (χ4n) is 1.13. The molecule has 0 bridgehead atoms. The predicted octanol–water partition coefficient (Wildman–Crippen LogP) is 0.518. The van der Waals surface area contributed by atoms with Crippen molar-refractivity contribution in [2.45, 2.75) is 13.8 Å². The van der Waals surface area contributed by atoms with Crippen LogP contribution in [0.2, 0.25) is 0 Å². The first-order valence-corrected chi connectivity index (χ1v) is 4.42. The van der Waals surface area contributed by atoms with Gasteiger partial charge in [0, 0.05) is 16.4 Å². The van der Waals surface area contributed by atoms with Crippen molar-refractivity contribution in [1.29, 1.82) is 0 Å². The number of rotatable bonds is 3. The number of aryl methyl sites for hydroxylation is 1. The Morgan fingerprint density at radius 2 is 2.29 bits per heavy atom. The molecule has 0 fully saturated rings. The number of aromatic nitrogens is 1. The third-order valence-electron chi connectivity index (χ3n) is 1.84. The molecule has 0 aromatic carbocycles. The van der Waals surface area contributed by atoms with Crippen molar-refractivity contribution in [2.75, 3.05) is 13.7 Å². The van der Waals surface area contributed by atoms with Crippen LogP contribution in [0.3, 0.4) is 0 Å². The SMILES string of the molecule is CCOC(=O)c1cc[n+](OC)cc1C. The third kappa shape index (κ3) is 2.22. The topological polar surface area (TPSA) is 39.4 Å². The highest BCUT2D eigenvalue weighted by molar-refractivity contribution is 5.90. The van der Waals surface area contributed by atoms with Crippen molar-refractivity contribution in [2.24, 2.45) is 0 Å². The van der Waals surface area contributed by atoms with Gasteiger partial charge in [-0.25, -0.2) is 4.79 Å². The van der Waals surface area contributed by atoms with Crippen molar-refractivity contribution in [3.63, 3.8) is 0 Å². The molecule has 1 aromatic rings. The minimum absolute atomic E-state index is 0.298. The van der Waals surface area contributed by atoms with Crippen LogP contribution in [0.5, 0.6) is 0 Å². The Kier molecular flexibility index (Phi) is 3.45. The van der Waals surface area contributed by atoms with Crippen LogP contribution in [0.4, 0.5) is 0 Å². The van der Waals surface area contributed by atoms with E-state index in [0.29, 0.717) is 12.2 Å². The van der Waals surface area contributed by atoms with Gasteiger partial charge in [0.2, 0.25) is 12.4 Å². The molecular weight excluding hydrogens is 182 g/mol. The molecule has 1 rings (SSSR count). The molecule has 0 unspecified atom stereocenters. The molecule has 0 aliphatic carbocycles. The van der Waals surface area contributed by atoms with Crippen molar-refractivity contribution < 1.29 is 19.1 Å². The Morgan fingerprint density at radius 3 is 2.79 bits per heavy atom. The van der Waals surface area contributed by atoms with E-state index in [9.17, 15) is 4.79 Å². The molecule has 0 atom stereocenters. The molecule has 0 aliphatic rings. The van der Waals surface area contributed by atoms with Gasteiger partial charge in [0.15, 0.2) is 0 Å². The highest BCUT2D eigenvalue weighted by atomic mass is 16.6. The lowest BCUT2D eigenvalue weighted by Gasteiger charge is -2.02. The molecule has 0 spiro atoms. The summed E-state index contributed by atoms with van der Waals surface area (Å²) in [7, 11) is 1.56. The second-order valence-electron chi connectivity index (χ2n) is 2.80. The van der Waals surface area contributed by atoms with Crippen molar-refractivity contribution in [3.8, 4) is 0 Å². The van der Waals surface area contributed by atoms with Crippen molar-refractivity contribution in [1.82, 2.24) is 0 Å². The average Bonchev–Trinajstić information content (AvgIpc) is 2.17. The smallest absolute Gasteiger partial charge is 0.338 e. The predicted molar refractivity (Wildman–Crippen MR) is 49.8 cm³/mol. The van der Waals surface area contributed by atoms with Crippen LogP contribution in [-0.4, -0.2) is 19.7 Å². The maximum Gasteiger partial charge on any atom is 0.338 e. The van der Waals surface area contributed by atoms with E-state index < -0.39 is 0 Å². The maximum atomic E-state index is 11.4. The van der Waals surface area contributed by atoms with Crippen LogP contribution < -0.4 is 9.57 Å². The Balaban J connectivity index is 2.94. The number of esters is 1. The lowest BCUT2D eigenvalue weighted by molar-refractivity contribution is -0.885. The van der Waals surface area contributed by atoms with Gasteiger partial charge in [-0.1, -0.05) is 0 Å². The summed E-state index contributed by atoms with van der Waals surface area (Å²) in [5, 5.41) is 0. The zero-order valence-corrected chi connectivity index (χ0v) is 8.61. The van der Waals surface area contributed by atoms with E-state index in [2.05, 4.69) is 0 Å². The normalized spacial score (nSPS) is 9.64. The summed E-state index contributed by atoms with van der Waals surface area (Å²) in [6.45, 7) is 4.00. The molecule has 0 N–H and O–H groups in total. The van der Waals surface area contributed by atoms with E-state index in [-0.39, 0.29) is 5.97 Å². The molecule has 1 aromatic heterocycles. The largest absolute Gasteiger partial charge is 0.462 e. The Hall–Kier alpha value is -1.58. The highest BCUT2D eigenvalue weighted by Gasteiger charge is 2.13. The van der Waals surface area contributed by atoms with Crippen molar-refractivity contribution in [3.05, 3.63) is 29.6 Å². The summed E-state index contributed by atoms with van der Waals surface area (Å²) in [5.41, 5.74) is 1.40. The van der Waals surface area contributed by atoms with Gasteiger partial charge in [-0.2, -0.15) is 0 Å². The summed E-state index contributed by atoms with van der Waals surface area (Å²) in [6.07, 6.45) is 3.39. The fraction of sp³-hybridized carbons (Fsp3) is 0.400. The maximum absolute atomic E-state index is 11.4. The summed E-state index contributed by atoms with van der Waals surface area (Å²) in [6, 6.07) is 1.68. The van der Waals surface area contributed by atoms with Gasteiger partial charge in [0.25, 0.3) is 0 Å². The first-order chi connectivity index (χ1) is 6.69. The minimum atomic E-state index is -0.298. The standard InChI is InChI=1S/C10H14NO3/c1-4-14-10(12)9-5-6-11(13-3)7-8(9)2/h5-7H,4H2,1-3H3/q+1. The second kappa shape index (κ2) is 4.60. The van der Waals surface area contributed by atoms with Crippen LogP contribution in [0.1, 0.15) is 22.8 Å². The van der Waals surface area contributed by atoms with E-state index in [0.717, 1.165) is 5.56 Å². The summed E-state index contributed by atoms with van der Waals surface area (Å²) in [4.78, 5) is 16.3. The number of hydrogen-bond donors (Lipinski definition) is 0. The zero-order chi connectivity index (χ0) is 10.6. The summed E-state index contributed by atoms with van der Waals surface area (Å²) in [5.74, 6) is -0.298. The number of nitrogens with zero attached hydrogens (tertiary/aromatic N) is 1. The molecular formula is C10H14NO3+. The van der Waals surface area contributed by atoms with E-state index in [1.54, 1.807) is 32.5 Å². The van der Waals surface area contributed by atoms with Crippen LogP contribution in [0.15, 0.2) is 18.5 Å². The highest BCUT2D eigenvalue weighted by Crippen LogP contribution is 2.05. The monoisotopic (exact) mass is 196 g/mol. The molecule has 76 valence electrons. The van der Waals surface area contributed by atoms with Crippen molar-refractivity contribution >= 4 is 5.97 Å².